The molecule has 1 rings (SSSR count). The molecule has 0 aliphatic carbocycles. The Hall–Kier alpha value is -0.240. The third kappa shape index (κ3) is 2.87. The van der Waals surface area contributed by atoms with Crippen LogP contribution in [0.5, 0.6) is 0 Å². The van der Waals surface area contributed by atoms with Crippen LogP contribution in [0.1, 0.15) is 5.56 Å². The van der Waals surface area contributed by atoms with Gasteiger partial charge in [-0.25, -0.2) is 0 Å². The summed E-state index contributed by atoms with van der Waals surface area (Å²) < 4.78 is 0.962. The Labute approximate surface area is 100 Å². The van der Waals surface area contributed by atoms with E-state index in [1.165, 1.54) is 6.08 Å². The second-order valence-corrected chi connectivity index (χ2v) is 4.23. The van der Waals surface area contributed by atoms with Gasteiger partial charge in [-0.2, -0.15) is 5.26 Å². The molecule has 66 valence electrons. The maximum absolute atomic E-state index is 8.38. The van der Waals surface area contributed by atoms with Crippen molar-refractivity contribution in [2.75, 3.05) is 0 Å². The number of benzene rings is 1. The van der Waals surface area contributed by atoms with E-state index >= 15 is 0 Å². The maximum Gasteiger partial charge on any atom is 0.0927 e. The highest BCUT2D eigenvalue weighted by Crippen LogP contribution is 2.25. The maximum atomic E-state index is 8.38. The summed E-state index contributed by atoms with van der Waals surface area (Å²) in [4.78, 5) is 0. The molecule has 0 N–H and O–H groups in total. The molecule has 0 spiro atoms. The molecule has 1 aromatic carbocycles. The van der Waals surface area contributed by atoms with Crippen molar-refractivity contribution in [3.05, 3.63) is 38.4 Å². The molecule has 0 saturated carbocycles. The predicted molar refractivity (Wildman–Crippen MR) is 63.6 cm³/mol. The van der Waals surface area contributed by atoms with Crippen LogP contribution in [0.3, 0.4) is 0 Å². The fourth-order valence-electron chi connectivity index (χ4n) is 0.785. The first kappa shape index (κ1) is 10.8. The number of nitriles is 1. The molecule has 0 aliphatic rings. The molecule has 0 amide bonds. The van der Waals surface area contributed by atoms with Crippen LogP contribution in [0.15, 0.2) is 24.3 Å². The van der Waals surface area contributed by atoms with Crippen molar-refractivity contribution in [3.8, 4) is 6.07 Å². The topological polar surface area (TPSA) is 23.8 Å². The van der Waals surface area contributed by atoms with Crippen molar-refractivity contribution in [1.29, 1.82) is 5.26 Å². The summed E-state index contributed by atoms with van der Waals surface area (Å²) in [5.74, 6) is 0. The van der Waals surface area contributed by atoms with E-state index in [2.05, 4.69) is 22.6 Å². The van der Waals surface area contributed by atoms with Gasteiger partial charge in [-0.05, 0) is 40.3 Å². The van der Waals surface area contributed by atoms with Gasteiger partial charge in [0.1, 0.15) is 0 Å². The molecule has 0 bridgehead atoms. The molecule has 13 heavy (non-hydrogen) atoms. The van der Waals surface area contributed by atoms with Gasteiger partial charge in [0.15, 0.2) is 0 Å². The third-order valence-corrected chi connectivity index (χ3v) is 3.29. The van der Waals surface area contributed by atoms with E-state index in [-0.39, 0.29) is 0 Å². The smallest absolute Gasteiger partial charge is 0.0927 e. The molecule has 0 atom stereocenters. The first-order valence-corrected chi connectivity index (χ1v) is 5.19. The van der Waals surface area contributed by atoms with Gasteiger partial charge in [0.2, 0.25) is 0 Å². The summed E-state index contributed by atoms with van der Waals surface area (Å²) in [6.45, 7) is 0. The van der Waals surface area contributed by atoms with E-state index in [9.17, 15) is 0 Å². The minimum absolute atomic E-state index is 0.404. The third-order valence-electron chi connectivity index (χ3n) is 1.39. The van der Waals surface area contributed by atoms with E-state index in [4.69, 9.17) is 28.5 Å². The zero-order valence-corrected chi connectivity index (χ0v) is 10.1. The minimum Gasteiger partial charge on any atom is -0.193 e. The molecule has 0 heterocycles. The van der Waals surface area contributed by atoms with Crippen LogP contribution in [-0.2, 0) is 0 Å². The number of allylic oxidation sites excluding steroid dienone is 1. The highest BCUT2D eigenvalue weighted by molar-refractivity contribution is 14.1. The Kier molecular flexibility index (Phi) is 4.04. The Bertz CT molecular complexity index is 393. The Morgan fingerprint density at radius 2 is 2.23 bits per heavy atom. The summed E-state index contributed by atoms with van der Waals surface area (Å²) in [5.41, 5.74) is 0.758. The highest BCUT2D eigenvalue weighted by Gasteiger charge is 2.01. The lowest BCUT2D eigenvalue weighted by atomic mass is 10.2. The zero-order valence-electron chi connectivity index (χ0n) is 6.39. The SMILES string of the molecule is N#C/C=C(/Cl)c1ccc(I)c(Cl)c1. The lowest BCUT2D eigenvalue weighted by Gasteiger charge is -2.00. The van der Waals surface area contributed by atoms with Crippen LogP contribution in [0.25, 0.3) is 5.03 Å². The molecule has 0 radical (unpaired) electrons. The van der Waals surface area contributed by atoms with Crippen molar-refractivity contribution in [2.45, 2.75) is 0 Å². The van der Waals surface area contributed by atoms with Crippen LogP contribution >= 0.6 is 45.8 Å². The van der Waals surface area contributed by atoms with Gasteiger partial charge < -0.3 is 0 Å². The summed E-state index contributed by atoms with van der Waals surface area (Å²) >= 11 is 13.8. The van der Waals surface area contributed by atoms with Crippen molar-refractivity contribution in [1.82, 2.24) is 0 Å². The molecule has 0 aliphatic heterocycles. The van der Waals surface area contributed by atoms with Crippen molar-refractivity contribution < 1.29 is 0 Å². The molecule has 0 fully saturated rings. The Morgan fingerprint density at radius 1 is 1.54 bits per heavy atom. The standard InChI is InChI=1S/C9H4Cl2IN/c10-7(3-4-13)6-1-2-9(12)8(11)5-6/h1-3,5H/b7-3+. The largest absolute Gasteiger partial charge is 0.193 e. The van der Waals surface area contributed by atoms with E-state index in [0.29, 0.717) is 10.1 Å². The number of rotatable bonds is 1. The van der Waals surface area contributed by atoms with E-state index in [0.717, 1.165) is 9.13 Å². The molecular formula is C9H4Cl2IN. The highest BCUT2D eigenvalue weighted by atomic mass is 127. The van der Waals surface area contributed by atoms with E-state index in [1.807, 2.05) is 18.2 Å². The van der Waals surface area contributed by atoms with Crippen LogP contribution in [0, 0.1) is 14.9 Å². The molecule has 1 aromatic rings. The van der Waals surface area contributed by atoms with E-state index < -0.39 is 0 Å². The summed E-state index contributed by atoms with van der Waals surface area (Å²) in [6.07, 6.45) is 1.28. The number of nitrogens with zero attached hydrogens (tertiary/aromatic N) is 1. The molecule has 4 heteroatoms. The van der Waals surface area contributed by atoms with E-state index in [1.54, 1.807) is 6.07 Å². The minimum atomic E-state index is 0.404. The lowest BCUT2D eigenvalue weighted by molar-refractivity contribution is 1.53. The second kappa shape index (κ2) is 4.85. The number of halogens is 3. The van der Waals surface area contributed by atoms with Gasteiger partial charge in [-0.1, -0.05) is 29.3 Å². The normalized spacial score (nSPS) is 11.1. The van der Waals surface area contributed by atoms with Crippen LogP contribution in [0.4, 0.5) is 0 Å². The van der Waals surface area contributed by atoms with Crippen LogP contribution in [-0.4, -0.2) is 0 Å². The van der Waals surface area contributed by atoms with Crippen LogP contribution in [0.2, 0.25) is 5.02 Å². The van der Waals surface area contributed by atoms with Gasteiger partial charge in [-0.15, -0.1) is 0 Å². The number of hydrogen-bond donors (Lipinski definition) is 0. The zero-order chi connectivity index (χ0) is 9.84. The fraction of sp³-hybridized carbons (Fsp3) is 0. The Balaban J connectivity index is 3.13. The summed E-state index contributed by atoms with van der Waals surface area (Å²) in [7, 11) is 0. The van der Waals surface area contributed by atoms with Crippen molar-refractivity contribution in [2.24, 2.45) is 0 Å². The molecule has 1 nitrogen and oxygen atoms in total. The second-order valence-electron chi connectivity index (χ2n) is 2.25. The number of hydrogen-bond acceptors (Lipinski definition) is 1. The quantitative estimate of drug-likeness (QED) is 0.565. The van der Waals surface area contributed by atoms with Gasteiger partial charge in [-0.3, -0.25) is 0 Å². The average Bonchev–Trinajstić information content (AvgIpc) is 2.10. The monoisotopic (exact) mass is 323 g/mol. The van der Waals surface area contributed by atoms with Crippen LogP contribution < -0.4 is 0 Å². The molecule has 0 aromatic heterocycles. The average molecular weight is 324 g/mol. The van der Waals surface area contributed by atoms with Gasteiger partial charge >= 0.3 is 0 Å². The van der Waals surface area contributed by atoms with Gasteiger partial charge in [0, 0.05) is 9.65 Å². The lowest BCUT2D eigenvalue weighted by Crippen LogP contribution is -1.79. The van der Waals surface area contributed by atoms with Gasteiger partial charge in [0.05, 0.1) is 16.1 Å². The van der Waals surface area contributed by atoms with Gasteiger partial charge in [0.25, 0.3) is 0 Å². The molecular weight excluding hydrogens is 320 g/mol. The molecule has 0 unspecified atom stereocenters. The predicted octanol–water partition coefficient (Wildman–Crippen LogP) is 4.05. The van der Waals surface area contributed by atoms with Crippen molar-refractivity contribution >= 4 is 50.8 Å². The first-order valence-electron chi connectivity index (χ1n) is 3.36. The fourth-order valence-corrected chi connectivity index (χ4v) is 1.47. The Morgan fingerprint density at radius 3 is 2.77 bits per heavy atom. The summed E-state index contributed by atoms with van der Waals surface area (Å²) in [6, 6.07) is 7.27. The molecule has 0 saturated heterocycles. The van der Waals surface area contributed by atoms with Crippen molar-refractivity contribution in [3.63, 3.8) is 0 Å². The first-order chi connectivity index (χ1) is 6.15. The summed E-state index contributed by atoms with van der Waals surface area (Å²) in [5, 5.41) is 9.42.